The third-order valence-corrected chi connectivity index (χ3v) is 7.92. The van der Waals surface area contributed by atoms with E-state index >= 15 is 0 Å². The molecule has 0 aliphatic heterocycles. The molecule has 0 saturated carbocycles. The molecule has 6 N–H and O–H groups in total. The minimum absolute atomic E-state index is 0.00259. The summed E-state index contributed by atoms with van der Waals surface area (Å²) in [6.45, 7) is 23.7. The minimum Gasteiger partial charge on any atom is -0.446 e. The van der Waals surface area contributed by atoms with Crippen molar-refractivity contribution in [3.05, 3.63) is 17.3 Å². The maximum atomic E-state index is 13.8. The highest BCUT2D eigenvalue weighted by Crippen LogP contribution is 2.18. The predicted octanol–water partition coefficient (Wildman–Crippen LogP) is 3.31. The topological polar surface area (TPSA) is 201 Å². The summed E-state index contributed by atoms with van der Waals surface area (Å²) in [5.74, 6) is -1.79. The van der Waals surface area contributed by atoms with Crippen LogP contribution in [0.3, 0.4) is 0 Å². The Morgan fingerprint density at radius 3 is 1.86 bits per heavy atom. The quantitative estimate of drug-likeness (QED) is 0.125. The molecular formula is C36H64N6O8. The van der Waals surface area contributed by atoms with Gasteiger partial charge in [0.05, 0.1) is 24.4 Å². The second kappa shape index (κ2) is 20.2. The van der Waals surface area contributed by atoms with Crippen LogP contribution in [0.4, 0.5) is 4.79 Å². The summed E-state index contributed by atoms with van der Waals surface area (Å²) in [5.41, 5.74) is -0.150. The van der Waals surface area contributed by atoms with Crippen LogP contribution in [0.1, 0.15) is 106 Å². The van der Waals surface area contributed by atoms with Crippen molar-refractivity contribution in [3.8, 4) is 0 Å². The van der Waals surface area contributed by atoms with E-state index in [1.807, 2.05) is 41.5 Å². The Balaban J connectivity index is 3.12. The van der Waals surface area contributed by atoms with Gasteiger partial charge in [0.25, 0.3) is 0 Å². The first-order valence-corrected chi connectivity index (χ1v) is 17.8. The maximum Gasteiger partial charge on any atom is 0.407 e. The molecule has 0 spiro atoms. The molecule has 50 heavy (non-hydrogen) atoms. The fourth-order valence-electron chi connectivity index (χ4n) is 5.15. The number of aryl methyl sites for hydroxylation is 2. The molecule has 5 amide bonds. The lowest BCUT2D eigenvalue weighted by molar-refractivity contribution is -0.133. The normalized spacial score (nSPS) is 15.5. The van der Waals surface area contributed by atoms with Gasteiger partial charge < -0.3 is 40.8 Å². The largest absolute Gasteiger partial charge is 0.446 e. The Morgan fingerprint density at radius 1 is 0.760 bits per heavy atom. The van der Waals surface area contributed by atoms with Crippen LogP contribution in [-0.4, -0.2) is 82.7 Å². The molecule has 1 aromatic heterocycles. The zero-order valence-corrected chi connectivity index (χ0v) is 32.5. The van der Waals surface area contributed by atoms with Crippen molar-refractivity contribution < 1.29 is 38.2 Å². The lowest BCUT2D eigenvalue weighted by atomic mass is 9.91. The van der Waals surface area contributed by atoms with Gasteiger partial charge in [-0.2, -0.15) is 0 Å². The minimum atomic E-state index is -1.21. The molecule has 0 bridgehead atoms. The van der Waals surface area contributed by atoms with Gasteiger partial charge in [0.15, 0.2) is 5.89 Å². The second-order valence-corrected chi connectivity index (χ2v) is 15.6. The molecule has 14 heteroatoms. The van der Waals surface area contributed by atoms with Gasteiger partial charge in [-0.05, 0) is 58.3 Å². The first kappa shape index (κ1) is 44.3. The van der Waals surface area contributed by atoms with Crippen molar-refractivity contribution in [1.29, 1.82) is 0 Å². The van der Waals surface area contributed by atoms with Gasteiger partial charge in [-0.1, -0.05) is 55.4 Å². The van der Waals surface area contributed by atoms with Gasteiger partial charge in [-0.3, -0.25) is 19.2 Å². The molecule has 1 aromatic rings. The van der Waals surface area contributed by atoms with Gasteiger partial charge in [-0.25, -0.2) is 9.78 Å². The Morgan fingerprint density at radius 2 is 1.36 bits per heavy atom. The van der Waals surface area contributed by atoms with Crippen molar-refractivity contribution >= 4 is 29.7 Å². The van der Waals surface area contributed by atoms with Gasteiger partial charge >= 0.3 is 6.09 Å². The molecule has 0 aromatic carbocycles. The van der Waals surface area contributed by atoms with Gasteiger partial charge in [0, 0.05) is 31.7 Å². The van der Waals surface area contributed by atoms with Crippen LogP contribution in [0.2, 0.25) is 0 Å². The number of aliphatic hydroxyl groups is 1. The van der Waals surface area contributed by atoms with E-state index in [9.17, 15) is 29.1 Å². The number of amides is 5. The molecule has 0 radical (unpaired) electrons. The van der Waals surface area contributed by atoms with Crippen molar-refractivity contribution in [2.75, 3.05) is 13.1 Å². The third kappa shape index (κ3) is 16.4. The number of ether oxygens (including phenoxy) is 1. The summed E-state index contributed by atoms with van der Waals surface area (Å²) in [6.07, 6.45) is -1.25. The zero-order chi connectivity index (χ0) is 38.5. The Labute approximate surface area is 298 Å². The monoisotopic (exact) mass is 708 g/mol. The summed E-state index contributed by atoms with van der Waals surface area (Å²) in [7, 11) is 0. The van der Waals surface area contributed by atoms with E-state index in [-0.39, 0.29) is 43.0 Å². The van der Waals surface area contributed by atoms with Crippen LogP contribution in [-0.2, 0) is 30.3 Å². The number of rotatable bonds is 19. The molecule has 0 aliphatic carbocycles. The Bertz CT molecular complexity index is 1270. The summed E-state index contributed by atoms with van der Waals surface area (Å²) in [6, 6.07) is -2.74. The zero-order valence-electron chi connectivity index (χ0n) is 32.5. The molecular weight excluding hydrogens is 644 g/mol. The van der Waals surface area contributed by atoms with Crippen molar-refractivity contribution in [2.45, 2.75) is 139 Å². The predicted molar refractivity (Wildman–Crippen MR) is 191 cm³/mol. The number of alkyl carbamates (subject to hydrolysis) is 1. The molecule has 286 valence electrons. The van der Waals surface area contributed by atoms with E-state index < -0.39 is 65.5 Å². The highest BCUT2D eigenvalue weighted by Gasteiger charge is 2.33. The average molecular weight is 709 g/mol. The van der Waals surface area contributed by atoms with Crippen LogP contribution in [0.25, 0.3) is 0 Å². The van der Waals surface area contributed by atoms with Crippen molar-refractivity contribution in [2.24, 2.45) is 29.6 Å². The molecule has 1 rings (SSSR count). The fraction of sp³-hybridized carbons (Fsp3) is 0.778. The molecule has 0 fully saturated rings. The van der Waals surface area contributed by atoms with Gasteiger partial charge in [0.1, 0.15) is 23.4 Å². The van der Waals surface area contributed by atoms with Crippen LogP contribution in [0.15, 0.2) is 4.42 Å². The molecule has 0 unspecified atom stereocenters. The fourth-order valence-corrected chi connectivity index (χ4v) is 5.15. The van der Waals surface area contributed by atoms with Crippen molar-refractivity contribution in [1.82, 2.24) is 31.6 Å². The third-order valence-electron chi connectivity index (χ3n) is 7.92. The molecule has 6 atom stereocenters. The summed E-state index contributed by atoms with van der Waals surface area (Å²) < 4.78 is 10.8. The molecule has 0 aliphatic rings. The summed E-state index contributed by atoms with van der Waals surface area (Å²) in [5, 5.41) is 25.2. The highest BCUT2D eigenvalue weighted by molar-refractivity contribution is 5.90. The number of aliphatic hydroxyl groups excluding tert-OH is 1. The first-order valence-electron chi connectivity index (χ1n) is 17.8. The number of hydrogen-bond donors (Lipinski definition) is 6. The van der Waals surface area contributed by atoms with Crippen LogP contribution in [0, 0.1) is 43.4 Å². The number of carbonyl (C=O) groups excluding carboxylic acids is 5. The van der Waals surface area contributed by atoms with E-state index in [1.165, 1.54) is 0 Å². The maximum absolute atomic E-state index is 13.8. The number of oxazole rings is 1. The SMILES string of the molecule is Cc1nc(C[C@H](C)C(=O)N[C@@H](CNC(=O)OC(C)(C)C)C(=O)N[C@@H](CC(C)C)[C@@H](O)C[C@@H](C)C(=O)N[C@H](C(=O)NCC(C)C)C(C)C)c(C)o1. The Kier molecular flexibility index (Phi) is 17.9. The Hall–Kier alpha value is -3.68. The van der Waals surface area contributed by atoms with E-state index in [4.69, 9.17) is 9.15 Å². The van der Waals surface area contributed by atoms with Crippen LogP contribution >= 0.6 is 0 Å². The average Bonchev–Trinajstić information content (AvgIpc) is 3.29. The van der Waals surface area contributed by atoms with Gasteiger partial charge in [0.2, 0.25) is 23.6 Å². The van der Waals surface area contributed by atoms with E-state index in [2.05, 4.69) is 31.6 Å². The summed E-state index contributed by atoms with van der Waals surface area (Å²) >= 11 is 0. The van der Waals surface area contributed by atoms with E-state index in [0.29, 0.717) is 30.3 Å². The number of nitrogens with one attached hydrogen (secondary N) is 5. The van der Waals surface area contributed by atoms with Gasteiger partial charge in [-0.15, -0.1) is 0 Å². The van der Waals surface area contributed by atoms with Crippen LogP contribution < -0.4 is 26.6 Å². The summed E-state index contributed by atoms with van der Waals surface area (Å²) in [4.78, 5) is 69.9. The lowest BCUT2D eigenvalue weighted by Gasteiger charge is -2.30. The number of nitrogens with zero attached hydrogens (tertiary/aromatic N) is 1. The first-order chi connectivity index (χ1) is 23.0. The lowest BCUT2D eigenvalue weighted by Crippen LogP contribution is -2.57. The second-order valence-electron chi connectivity index (χ2n) is 15.6. The number of carbonyl (C=O) groups is 5. The van der Waals surface area contributed by atoms with E-state index in [0.717, 1.165) is 0 Å². The number of aromatic nitrogens is 1. The van der Waals surface area contributed by atoms with Crippen LogP contribution in [0.5, 0.6) is 0 Å². The highest BCUT2D eigenvalue weighted by atomic mass is 16.6. The number of hydrogen-bond acceptors (Lipinski definition) is 9. The standard InChI is InChI=1S/C36H64N6O8/c1-19(2)14-27(29(43)16-23(8)32(45)42-30(21(5)6)34(47)37-17-20(3)4)40-33(46)28(18-38-35(48)50-36(11,12)13)41-31(44)22(7)15-26-24(9)49-25(10)39-26/h19-23,27-30,43H,14-18H2,1-13H3,(H,37,47)(H,38,48)(H,40,46)(H,41,44)(H,42,45)/t22-,23+,27-,28-,29-,30-/m0/s1. The smallest absolute Gasteiger partial charge is 0.407 e. The van der Waals surface area contributed by atoms with Crippen molar-refractivity contribution in [3.63, 3.8) is 0 Å². The molecule has 14 nitrogen and oxygen atoms in total. The molecule has 1 heterocycles. The van der Waals surface area contributed by atoms with E-state index in [1.54, 1.807) is 48.5 Å². The molecule has 0 saturated heterocycles.